The quantitative estimate of drug-likeness (QED) is 0.480. The number of aromatic nitrogens is 2. The minimum absolute atomic E-state index is 0.286. The van der Waals surface area contributed by atoms with Crippen LogP contribution in [0, 0.1) is 0 Å². The van der Waals surface area contributed by atoms with E-state index in [0.717, 1.165) is 21.7 Å². The minimum atomic E-state index is -0.286. The molecule has 4 nitrogen and oxygen atoms in total. The van der Waals surface area contributed by atoms with E-state index in [9.17, 15) is 4.79 Å². The van der Waals surface area contributed by atoms with Gasteiger partial charge >= 0.3 is 0 Å². The zero-order valence-corrected chi connectivity index (χ0v) is 15.7. The Morgan fingerprint density at radius 1 is 0.889 bits per heavy atom. The van der Waals surface area contributed by atoms with Crippen LogP contribution in [0.15, 0.2) is 79.0 Å². The fourth-order valence-electron chi connectivity index (χ4n) is 2.62. The van der Waals surface area contributed by atoms with Crippen molar-refractivity contribution in [1.82, 2.24) is 9.97 Å². The second-order valence-corrected chi connectivity index (χ2v) is 7.17. The molecule has 0 spiro atoms. The summed E-state index contributed by atoms with van der Waals surface area (Å²) in [6, 6.07) is 22.7. The van der Waals surface area contributed by atoms with E-state index >= 15 is 0 Å². The Labute approximate surface area is 165 Å². The van der Waals surface area contributed by atoms with Crippen LogP contribution in [0.25, 0.3) is 21.7 Å². The summed E-state index contributed by atoms with van der Waals surface area (Å²) in [5.74, 6) is -0.286. The van der Waals surface area contributed by atoms with Gasteiger partial charge in [0.1, 0.15) is 5.69 Å². The van der Waals surface area contributed by atoms with Gasteiger partial charge in [-0.1, -0.05) is 71.5 Å². The summed E-state index contributed by atoms with van der Waals surface area (Å²) >= 11 is 7.44. The molecule has 0 radical (unpaired) electrons. The summed E-state index contributed by atoms with van der Waals surface area (Å²) in [7, 11) is 0. The van der Waals surface area contributed by atoms with Gasteiger partial charge in [-0.3, -0.25) is 15.1 Å². The first-order chi connectivity index (χ1) is 13.2. The first kappa shape index (κ1) is 17.4. The number of amides is 1. The van der Waals surface area contributed by atoms with Gasteiger partial charge in [-0.15, -0.1) is 0 Å². The zero-order chi connectivity index (χ0) is 18.6. The molecule has 0 atom stereocenters. The van der Waals surface area contributed by atoms with E-state index in [-0.39, 0.29) is 5.91 Å². The van der Waals surface area contributed by atoms with Crippen LogP contribution >= 0.6 is 22.9 Å². The van der Waals surface area contributed by atoms with Crippen LogP contribution in [0.4, 0.5) is 5.13 Å². The lowest BCUT2D eigenvalue weighted by Gasteiger charge is -2.02. The molecule has 2 aromatic heterocycles. The third kappa shape index (κ3) is 3.89. The van der Waals surface area contributed by atoms with Crippen molar-refractivity contribution in [3.8, 4) is 21.7 Å². The predicted molar refractivity (Wildman–Crippen MR) is 110 cm³/mol. The second-order valence-electron chi connectivity index (χ2n) is 5.74. The molecule has 2 heterocycles. The Bertz CT molecular complexity index is 1060. The van der Waals surface area contributed by atoms with Crippen molar-refractivity contribution in [2.75, 3.05) is 5.32 Å². The maximum absolute atomic E-state index is 12.4. The summed E-state index contributed by atoms with van der Waals surface area (Å²) in [5.41, 5.74) is 3.15. The molecule has 4 aromatic rings. The first-order valence-corrected chi connectivity index (χ1v) is 9.45. The smallest absolute Gasteiger partial charge is 0.276 e. The molecule has 2 aromatic carbocycles. The average molecular weight is 392 g/mol. The average Bonchev–Trinajstić information content (AvgIpc) is 3.13. The zero-order valence-electron chi connectivity index (χ0n) is 14.1. The summed E-state index contributed by atoms with van der Waals surface area (Å²) < 4.78 is 0. The van der Waals surface area contributed by atoms with Crippen molar-refractivity contribution in [2.24, 2.45) is 0 Å². The molecule has 6 heteroatoms. The highest BCUT2D eigenvalue weighted by Gasteiger charge is 2.17. The van der Waals surface area contributed by atoms with Gasteiger partial charge in [0, 0.05) is 16.8 Å². The van der Waals surface area contributed by atoms with Gasteiger partial charge < -0.3 is 0 Å². The molecule has 1 amide bonds. The molecule has 0 aliphatic carbocycles. The normalized spacial score (nSPS) is 10.6. The van der Waals surface area contributed by atoms with Crippen molar-refractivity contribution in [1.29, 1.82) is 0 Å². The van der Waals surface area contributed by atoms with Crippen molar-refractivity contribution in [2.45, 2.75) is 0 Å². The van der Waals surface area contributed by atoms with E-state index in [1.54, 1.807) is 24.4 Å². The molecule has 0 bridgehead atoms. The highest BCUT2D eigenvalue weighted by molar-refractivity contribution is 7.19. The number of carbonyl (C=O) groups is 1. The fraction of sp³-hybridized carbons (Fsp3) is 0. The van der Waals surface area contributed by atoms with Crippen molar-refractivity contribution >= 4 is 34.0 Å². The van der Waals surface area contributed by atoms with Crippen LogP contribution in [0.2, 0.25) is 5.02 Å². The van der Waals surface area contributed by atoms with Crippen LogP contribution in [-0.2, 0) is 0 Å². The summed E-state index contributed by atoms with van der Waals surface area (Å²) in [5, 5.41) is 4.05. The van der Waals surface area contributed by atoms with Crippen LogP contribution in [0.5, 0.6) is 0 Å². The molecule has 0 saturated heterocycles. The molecular formula is C21H14ClN3OS. The van der Waals surface area contributed by atoms with Crippen LogP contribution < -0.4 is 5.32 Å². The number of benzene rings is 2. The van der Waals surface area contributed by atoms with Crippen LogP contribution in [-0.4, -0.2) is 15.9 Å². The number of pyridine rings is 1. The van der Waals surface area contributed by atoms with Crippen LogP contribution in [0.3, 0.4) is 0 Å². The molecule has 0 aliphatic heterocycles. The number of nitrogens with one attached hydrogen (secondary N) is 1. The topological polar surface area (TPSA) is 54.9 Å². The number of rotatable bonds is 4. The number of hydrogen-bond acceptors (Lipinski definition) is 4. The van der Waals surface area contributed by atoms with E-state index in [2.05, 4.69) is 15.3 Å². The van der Waals surface area contributed by atoms with Gasteiger partial charge in [0.2, 0.25) is 0 Å². The van der Waals surface area contributed by atoms with E-state index in [0.29, 0.717) is 15.8 Å². The number of carbonyl (C=O) groups excluding carboxylic acids is 1. The van der Waals surface area contributed by atoms with E-state index in [1.807, 2.05) is 54.6 Å². The lowest BCUT2D eigenvalue weighted by molar-refractivity contribution is 0.102. The largest absolute Gasteiger partial charge is 0.296 e. The molecule has 27 heavy (non-hydrogen) atoms. The Morgan fingerprint density at radius 2 is 1.63 bits per heavy atom. The van der Waals surface area contributed by atoms with Crippen molar-refractivity contribution < 1.29 is 4.79 Å². The van der Waals surface area contributed by atoms with Gasteiger partial charge in [-0.2, -0.15) is 0 Å². The highest BCUT2D eigenvalue weighted by atomic mass is 35.5. The molecule has 132 valence electrons. The SMILES string of the molecule is O=C(Nc1nc(-c2ccccc2)c(-c2ccc(Cl)cc2)s1)c1ccccn1. The molecular weight excluding hydrogens is 378 g/mol. The fourth-order valence-corrected chi connectivity index (χ4v) is 3.73. The standard InChI is InChI=1S/C21H14ClN3OS/c22-16-11-9-15(10-12-16)19-18(14-6-2-1-3-7-14)24-21(27-19)25-20(26)17-8-4-5-13-23-17/h1-13H,(H,24,25,26). The van der Waals surface area contributed by atoms with Crippen LogP contribution in [0.1, 0.15) is 10.5 Å². The van der Waals surface area contributed by atoms with Gasteiger partial charge in [-0.05, 0) is 29.8 Å². The summed E-state index contributed by atoms with van der Waals surface area (Å²) in [4.78, 5) is 22.1. The molecule has 0 aliphatic rings. The Kier molecular flexibility index (Phi) is 4.96. The number of anilines is 1. The summed E-state index contributed by atoms with van der Waals surface area (Å²) in [6.45, 7) is 0. The predicted octanol–water partition coefficient (Wildman–Crippen LogP) is 5.78. The third-order valence-corrected chi connectivity index (χ3v) is 5.17. The number of halogens is 1. The molecule has 0 unspecified atom stereocenters. The number of nitrogens with zero attached hydrogens (tertiary/aromatic N) is 2. The number of thiazole rings is 1. The Morgan fingerprint density at radius 3 is 2.33 bits per heavy atom. The van der Waals surface area contributed by atoms with Gasteiger partial charge in [0.05, 0.1) is 10.6 Å². The monoisotopic (exact) mass is 391 g/mol. The Hall–Kier alpha value is -3.02. The van der Waals surface area contributed by atoms with Crippen molar-refractivity contribution in [3.63, 3.8) is 0 Å². The second kappa shape index (κ2) is 7.70. The highest BCUT2D eigenvalue weighted by Crippen LogP contribution is 2.39. The maximum atomic E-state index is 12.4. The molecule has 4 rings (SSSR count). The molecule has 1 N–H and O–H groups in total. The lowest BCUT2D eigenvalue weighted by atomic mass is 10.1. The van der Waals surface area contributed by atoms with E-state index in [1.165, 1.54) is 11.3 Å². The van der Waals surface area contributed by atoms with E-state index < -0.39 is 0 Å². The molecule has 0 fully saturated rings. The Balaban J connectivity index is 1.74. The molecule has 0 saturated carbocycles. The van der Waals surface area contributed by atoms with Crippen molar-refractivity contribution in [3.05, 3.63) is 89.7 Å². The van der Waals surface area contributed by atoms with Gasteiger partial charge in [0.25, 0.3) is 5.91 Å². The maximum Gasteiger partial charge on any atom is 0.276 e. The summed E-state index contributed by atoms with van der Waals surface area (Å²) in [6.07, 6.45) is 1.59. The third-order valence-electron chi connectivity index (χ3n) is 3.90. The van der Waals surface area contributed by atoms with Gasteiger partial charge in [0.15, 0.2) is 5.13 Å². The minimum Gasteiger partial charge on any atom is -0.296 e. The first-order valence-electron chi connectivity index (χ1n) is 8.25. The number of hydrogen-bond donors (Lipinski definition) is 1. The lowest BCUT2D eigenvalue weighted by Crippen LogP contribution is -2.13. The van der Waals surface area contributed by atoms with E-state index in [4.69, 9.17) is 11.6 Å². The van der Waals surface area contributed by atoms with Gasteiger partial charge in [-0.25, -0.2) is 4.98 Å².